The molecule has 0 unspecified atom stereocenters. The summed E-state index contributed by atoms with van der Waals surface area (Å²) in [4.78, 5) is 26.6. The van der Waals surface area contributed by atoms with Gasteiger partial charge in [-0.05, 0) is 84.9 Å². The number of aryl methyl sites for hydroxylation is 3. The monoisotopic (exact) mass is 520 g/mol. The maximum atomic E-state index is 13.4. The van der Waals surface area contributed by atoms with E-state index in [0.717, 1.165) is 46.5 Å². The molecule has 4 nitrogen and oxygen atoms in total. The van der Waals surface area contributed by atoms with Gasteiger partial charge in [0, 0.05) is 12.8 Å². The Kier molecular flexibility index (Phi) is 6.97. The summed E-state index contributed by atoms with van der Waals surface area (Å²) in [5.74, 6) is -1.79. The van der Waals surface area contributed by atoms with Gasteiger partial charge in [-0.2, -0.15) is 13.2 Å². The van der Waals surface area contributed by atoms with E-state index in [1.807, 2.05) is 32.9 Å². The van der Waals surface area contributed by atoms with Crippen molar-refractivity contribution in [2.24, 2.45) is 11.3 Å². The Hall–Kier alpha value is -2.48. The Morgan fingerprint density at radius 1 is 0.917 bits per heavy atom. The summed E-state index contributed by atoms with van der Waals surface area (Å²) in [6.07, 6.45) is -1.70. The van der Waals surface area contributed by atoms with Crippen LogP contribution >= 0.6 is 0 Å². The van der Waals surface area contributed by atoms with Crippen molar-refractivity contribution in [2.75, 3.05) is 5.75 Å². The minimum absolute atomic E-state index is 0.138. The van der Waals surface area contributed by atoms with E-state index in [1.165, 1.54) is 0 Å². The van der Waals surface area contributed by atoms with Crippen LogP contribution in [-0.4, -0.2) is 25.7 Å². The molecule has 4 rings (SSSR count). The molecule has 2 aromatic carbocycles. The Balaban J connectivity index is 1.56. The molecule has 0 aliphatic heterocycles. The van der Waals surface area contributed by atoms with Crippen LogP contribution in [0.25, 0.3) is 0 Å². The Bertz CT molecular complexity index is 1250. The first-order valence-electron chi connectivity index (χ1n) is 12.4. The van der Waals surface area contributed by atoms with E-state index < -0.39 is 32.9 Å². The van der Waals surface area contributed by atoms with Crippen molar-refractivity contribution in [3.63, 3.8) is 0 Å². The molecule has 0 aromatic heterocycles. The fraction of sp³-hybridized carbons (Fsp3) is 0.500. The van der Waals surface area contributed by atoms with E-state index in [-0.39, 0.29) is 41.0 Å². The Morgan fingerprint density at radius 3 is 1.83 bits per heavy atom. The first kappa shape index (κ1) is 26.6. The number of halogens is 3. The average molecular weight is 521 g/mol. The Labute approximate surface area is 210 Å². The molecule has 2 aliphatic rings. The van der Waals surface area contributed by atoms with Gasteiger partial charge in [-0.3, -0.25) is 9.59 Å². The number of carbonyl (C=O) groups excluding carboxylic acids is 2. The summed E-state index contributed by atoms with van der Waals surface area (Å²) in [5, 5.41) is 0. The van der Waals surface area contributed by atoms with Crippen molar-refractivity contribution in [1.82, 2.24) is 0 Å². The van der Waals surface area contributed by atoms with Gasteiger partial charge in [0.1, 0.15) is 17.5 Å². The van der Waals surface area contributed by atoms with Gasteiger partial charge in [-0.15, -0.1) is 0 Å². The zero-order valence-electron chi connectivity index (χ0n) is 20.7. The molecule has 0 atom stereocenters. The molecular weight excluding hydrogens is 489 g/mol. The molecule has 0 amide bonds. The zero-order valence-corrected chi connectivity index (χ0v) is 21.6. The molecule has 0 N–H and O–H groups in total. The molecule has 2 aliphatic carbocycles. The third-order valence-electron chi connectivity index (χ3n) is 7.86. The standard InChI is InChI=1S/C28H31F3O4S/c1-4-18-12-17(3)13-19(5-2)25(18)26-23(32)14-21(15-24(26)33)27(10-11-27)16-36(34,35)22-8-6-20(7-9-22)28(29,30)31/h6-9,12-13,21,26H,4-5,10-11,14-16H2,1-3H3. The summed E-state index contributed by atoms with van der Waals surface area (Å²) >= 11 is 0. The van der Waals surface area contributed by atoms with E-state index in [1.54, 1.807) is 0 Å². The highest BCUT2D eigenvalue weighted by molar-refractivity contribution is 7.91. The number of carbonyl (C=O) groups is 2. The molecule has 2 fully saturated rings. The van der Waals surface area contributed by atoms with Crippen LogP contribution in [0.4, 0.5) is 13.2 Å². The SMILES string of the molecule is CCc1cc(C)cc(CC)c1C1C(=O)CC(C2(CS(=O)(=O)c3ccc(C(F)(F)F)cc3)CC2)CC1=O. The summed E-state index contributed by atoms with van der Waals surface area (Å²) in [5.41, 5.74) is 2.32. The quantitative estimate of drug-likeness (QED) is 0.419. The van der Waals surface area contributed by atoms with Crippen molar-refractivity contribution in [2.45, 2.75) is 76.3 Å². The highest BCUT2D eigenvalue weighted by Crippen LogP contribution is 2.58. The molecule has 2 aromatic rings. The van der Waals surface area contributed by atoms with E-state index in [0.29, 0.717) is 25.7 Å². The highest BCUT2D eigenvalue weighted by atomic mass is 32.2. The third kappa shape index (κ3) is 5.01. The smallest absolute Gasteiger partial charge is 0.299 e. The summed E-state index contributed by atoms with van der Waals surface area (Å²) in [6, 6.07) is 7.56. The molecular formula is C28H31F3O4S. The molecule has 0 spiro atoms. The lowest BCUT2D eigenvalue weighted by atomic mass is 9.69. The number of rotatable bonds is 7. The molecule has 0 radical (unpaired) electrons. The lowest BCUT2D eigenvalue weighted by Gasteiger charge is -2.34. The molecule has 36 heavy (non-hydrogen) atoms. The third-order valence-corrected chi connectivity index (χ3v) is 9.81. The van der Waals surface area contributed by atoms with Gasteiger partial charge < -0.3 is 0 Å². The van der Waals surface area contributed by atoms with Crippen molar-refractivity contribution in [3.05, 3.63) is 64.2 Å². The van der Waals surface area contributed by atoms with E-state index in [2.05, 4.69) is 0 Å². The second-order valence-corrected chi connectivity index (χ2v) is 12.3. The second kappa shape index (κ2) is 9.43. The van der Waals surface area contributed by atoms with Crippen LogP contribution in [0, 0.1) is 18.3 Å². The van der Waals surface area contributed by atoms with Crippen LogP contribution in [0.2, 0.25) is 0 Å². The summed E-state index contributed by atoms with van der Waals surface area (Å²) in [7, 11) is -3.88. The van der Waals surface area contributed by atoms with Gasteiger partial charge in [0.05, 0.1) is 16.2 Å². The predicted octanol–water partition coefficient (Wildman–Crippen LogP) is 6.02. The first-order valence-corrected chi connectivity index (χ1v) is 14.0. The van der Waals surface area contributed by atoms with Gasteiger partial charge in [-0.1, -0.05) is 31.5 Å². The second-order valence-electron chi connectivity index (χ2n) is 10.3. The number of sulfone groups is 1. The van der Waals surface area contributed by atoms with E-state index in [9.17, 15) is 31.2 Å². The number of hydrogen-bond donors (Lipinski definition) is 0. The zero-order chi connectivity index (χ0) is 26.5. The molecule has 0 bridgehead atoms. The van der Waals surface area contributed by atoms with Gasteiger partial charge in [0.2, 0.25) is 0 Å². The lowest BCUT2D eigenvalue weighted by Crippen LogP contribution is -2.38. The predicted molar refractivity (Wildman–Crippen MR) is 131 cm³/mol. The van der Waals surface area contributed by atoms with Crippen molar-refractivity contribution in [1.29, 1.82) is 0 Å². The van der Waals surface area contributed by atoms with Crippen LogP contribution < -0.4 is 0 Å². The number of benzene rings is 2. The van der Waals surface area contributed by atoms with Crippen LogP contribution in [-0.2, 0) is 38.4 Å². The maximum absolute atomic E-state index is 13.4. The lowest BCUT2D eigenvalue weighted by molar-refractivity contribution is -0.138. The Morgan fingerprint density at radius 2 is 1.42 bits per heavy atom. The number of Topliss-reactive ketones (excluding diaryl/α,β-unsaturated/α-hetero) is 2. The van der Waals surface area contributed by atoms with E-state index >= 15 is 0 Å². The fourth-order valence-corrected chi connectivity index (χ4v) is 7.78. The highest BCUT2D eigenvalue weighted by Gasteiger charge is 2.55. The number of ketones is 2. The topological polar surface area (TPSA) is 68.3 Å². The van der Waals surface area contributed by atoms with Gasteiger partial charge in [0.25, 0.3) is 0 Å². The van der Waals surface area contributed by atoms with Gasteiger partial charge >= 0.3 is 6.18 Å². The summed E-state index contributed by atoms with van der Waals surface area (Å²) < 4.78 is 64.8. The van der Waals surface area contributed by atoms with Crippen LogP contribution in [0.5, 0.6) is 0 Å². The molecule has 194 valence electrons. The number of hydrogen-bond acceptors (Lipinski definition) is 4. The normalized spacial score (nSPS) is 22.1. The molecule has 2 saturated carbocycles. The van der Waals surface area contributed by atoms with Crippen LogP contribution in [0.15, 0.2) is 41.3 Å². The number of alkyl halides is 3. The molecule has 0 saturated heterocycles. The minimum atomic E-state index is -4.55. The van der Waals surface area contributed by atoms with Crippen molar-refractivity contribution < 1.29 is 31.2 Å². The molecule has 8 heteroatoms. The van der Waals surface area contributed by atoms with Crippen LogP contribution in [0.3, 0.4) is 0 Å². The van der Waals surface area contributed by atoms with Crippen molar-refractivity contribution in [3.8, 4) is 0 Å². The van der Waals surface area contributed by atoms with Gasteiger partial charge in [-0.25, -0.2) is 8.42 Å². The van der Waals surface area contributed by atoms with E-state index in [4.69, 9.17) is 0 Å². The van der Waals surface area contributed by atoms with Crippen molar-refractivity contribution >= 4 is 21.4 Å². The average Bonchev–Trinajstić information content (AvgIpc) is 3.58. The summed E-state index contributed by atoms with van der Waals surface area (Å²) in [6.45, 7) is 6.00. The minimum Gasteiger partial charge on any atom is -0.299 e. The fourth-order valence-electron chi connectivity index (χ4n) is 5.78. The maximum Gasteiger partial charge on any atom is 0.416 e. The molecule has 0 heterocycles. The largest absolute Gasteiger partial charge is 0.416 e. The van der Waals surface area contributed by atoms with Crippen LogP contribution in [0.1, 0.15) is 73.3 Å². The first-order chi connectivity index (χ1) is 16.8. The van der Waals surface area contributed by atoms with Gasteiger partial charge in [0.15, 0.2) is 9.84 Å².